The topological polar surface area (TPSA) is 43.1 Å². The van der Waals surface area contributed by atoms with Gasteiger partial charge in [-0.15, -0.1) is 0 Å². The molecule has 0 atom stereocenters. The average molecular weight is 197 g/mol. The van der Waals surface area contributed by atoms with Crippen LogP contribution in [0.4, 0.5) is 4.39 Å². The maximum Gasteiger partial charge on any atom is 0.169 e. The maximum atomic E-state index is 12.5. The first kappa shape index (κ1) is 9.80. The van der Waals surface area contributed by atoms with E-state index in [0.29, 0.717) is 5.56 Å². The fourth-order valence-electron chi connectivity index (χ4n) is 0.896. The fourth-order valence-corrected chi connectivity index (χ4v) is 1.03. The highest BCUT2D eigenvalue weighted by Gasteiger charge is 2.06. The van der Waals surface area contributed by atoms with Crippen LogP contribution < -0.4 is 5.73 Å². The van der Waals surface area contributed by atoms with E-state index in [0.717, 1.165) is 0 Å². The van der Waals surface area contributed by atoms with Crippen molar-refractivity contribution < 1.29 is 9.18 Å². The zero-order chi connectivity index (χ0) is 9.84. The Hall–Kier alpha value is -1.29. The van der Waals surface area contributed by atoms with Crippen LogP contribution >= 0.6 is 12.2 Å². The highest BCUT2D eigenvalue weighted by atomic mass is 32.1. The number of ketones is 1. The number of halogens is 1. The van der Waals surface area contributed by atoms with Crippen molar-refractivity contribution in [2.75, 3.05) is 0 Å². The van der Waals surface area contributed by atoms with Crippen LogP contribution in [-0.4, -0.2) is 10.8 Å². The van der Waals surface area contributed by atoms with Gasteiger partial charge in [0.2, 0.25) is 0 Å². The molecule has 0 heterocycles. The number of carbonyl (C=O) groups is 1. The molecule has 13 heavy (non-hydrogen) atoms. The first-order valence-electron chi connectivity index (χ1n) is 3.66. The second kappa shape index (κ2) is 4.09. The Morgan fingerprint density at radius 2 is 1.92 bits per heavy atom. The van der Waals surface area contributed by atoms with Crippen molar-refractivity contribution in [2.24, 2.45) is 5.73 Å². The number of carbonyl (C=O) groups excluding carboxylic acids is 1. The summed E-state index contributed by atoms with van der Waals surface area (Å²) in [7, 11) is 0. The summed E-state index contributed by atoms with van der Waals surface area (Å²) in [5.41, 5.74) is 5.62. The zero-order valence-corrected chi connectivity index (χ0v) is 7.60. The predicted molar refractivity (Wildman–Crippen MR) is 52.1 cm³/mol. The van der Waals surface area contributed by atoms with Crippen LogP contribution in [0, 0.1) is 5.82 Å². The van der Waals surface area contributed by atoms with Gasteiger partial charge in [0.05, 0.1) is 11.4 Å². The van der Waals surface area contributed by atoms with Crippen LogP contribution in [0.15, 0.2) is 24.3 Å². The van der Waals surface area contributed by atoms with Gasteiger partial charge in [-0.2, -0.15) is 0 Å². The first-order chi connectivity index (χ1) is 6.09. The van der Waals surface area contributed by atoms with Crippen molar-refractivity contribution >= 4 is 23.0 Å². The molecule has 1 rings (SSSR count). The molecule has 0 bridgehead atoms. The molecule has 0 aromatic heterocycles. The van der Waals surface area contributed by atoms with E-state index in [-0.39, 0.29) is 23.0 Å². The van der Waals surface area contributed by atoms with Crippen LogP contribution in [-0.2, 0) is 0 Å². The Balaban J connectivity index is 2.78. The molecular weight excluding hydrogens is 189 g/mol. The van der Waals surface area contributed by atoms with Crippen LogP contribution in [0.2, 0.25) is 0 Å². The highest BCUT2D eigenvalue weighted by molar-refractivity contribution is 7.80. The van der Waals surface area contributed by atoms with Gasteiger partial charge in [0.1, 0.15) is 5.82 Å². The molecule has 1 aromatic rings. The van der Waals surface area contributed by atoms with E-state index < -0.39 is 0 Å². The van der Waals surface area contributed by atoms with E-state index >= 15 is 0 Å². The van der Waals surface area contributed by atoms with Gasteiger partial charge in [0.25, 0.3) is 0 Å². The normalized spacial score (nSPS) is 9.62. The van der Waals surface area contributed by atoms with E-state index in [1.807, 2.05) is 0 Å². The zero-order valence-electron chi connectivity index (χ0n) is 6.79. The molecule has 68 valence electrons. The summed E-state index contributed by atoms with van der Waals surface area (Å²) < 4.78 is 12.5. The summed E-state index contributed by atoms with van der Waals surface area (Å²) >= 11 is 4.58. The van der Waals surface area contributed by atoms with Gasteiger partial charge in [0.15, 0.2) is 5.78 Å². The van der Waals surface area contributed by atoms with Crippen molar-refractivity contribution in [3.8, 4) is 0 Å². The number of rotatable bonds is 3. The molecule has 2 N–H and O–H groups in total. The smallest absolute Gasteiger partial charge is 0.169 e. The van der Waals surface area contributed by atoms with Gasteiger partial charge in [-0.05, 0) is 24.3 Å². The van der Waals surface area contributed by atoms with Crippen LogP contribution in [0.3, 0.4) is 0 Å². The van der Waals surface area contributed by atoms with Crippen LogP contribution in [0.25, 0.3) is 0 Å². The number of hydrogen-bond donors (Lipinski definition) is 1. The lowest BCUT2D eigenvalue weighted by Crippen LogP contribution is -2.14. The van der Waals surface area contributed by atoms with Gasteiger partial charge in [-0.1, -0.05) is 12.2 Å². The molecule has 2 nitrogen and oxygen atoms in total. The Kier molecular flexibility index (Phi) is 3.08. The second-order valence-corrected chi connectivity index (χ2v) is 3.10. The number of benzene rings is 1. The Morgan fingerprint density at radius 1 is 1.38 bits per heavy atom. The molecule has 4 heteroatoms. The third kappa shape index (κ3) is 2.91. The minimum absolute atomic E-state index is 0.0287. The Bertz CT molecular complexity index is 334. The van der Waals surface area contributed by atoms with Crippen molar-refractivity contribution in [1.82, 2.24) is 0 Å². The minimum atomic E-state index is -0.369. The molecule has 0 saturated heterocycles. The molecule has 0 aliphatic carbocycles. The standard InChI is InChI=1S/C9H8FNOS/c10-7-3-1-6(2-4-7)8(12)5-9(11)13/h1-4H,5H2,(H2,11,13). The lowest BCUT2D eigenvalue weighted by molar-refractivity contribution is 0.100. The number of hydrogen-bond acceptors (Lipinski definition) is 2. The molecule has 0 saturated carbocycles. The van der Waals surface area contributed by atoms with Gasteiger partial charge in [-0.3, -0.25) is 4.79 Å². The van der Waals surface area contributed by atoms with Gasteiger partial charge < -0.3 is 5.73 Å². The predicted octanol–water partition coefficient (Wildman–Crippen LogP) is 1.68. The van der Waals surface area contributed by atoms with Gasteiger partial charge >= 0.3 is 0 Å². The van der Waals surface area contributed by atoms with E-state index in [1.54, 1.807) is 0 Å². The minimum Gasteiger partial charge on any atom is -0.393 e. The van der Waals surface area contributed by atoms with E-state index in [2.05, 4.69) is 12.2 Å². The third-order valence-electron chi connectivity index (χ3n) is 1.50. The van der Waals surface area contributed by atoms with Gasteiger partial charge in [0, 0.05) is 5.56 Å². The second-order valence-electron chi connectivity index (χ2n) is 2.57. The highest BCUT2D eigenvalue weighted by Crippen LogP contribution is 2.05. The summed E-state index contributed by atoms with van der Waals surface area (Å²) in [6, 6.07) is 5.28. The SMILES string of the molecule is NC(=S)CC(=O)c1ccc(F)cc1. The van der Waals surface area contributed by atoms with E-state index in [9.17, 15) is 9.18 Å². The van der Waals surface area contributed by atoms with Crippen LogP contribution in [0.1, 0.15) is 16.8 Å². The number of thiocarbonyl (C=S) groups is 1. The van der Waals surface area contributed by atoms with E-state index in [1.165, 1.54) is 24.3 Å². The summed E-state index contributed by atoms with van der Waals surface area (Å²) in [6.07, 6.45) is 0.0287. The molecule has 0 spiro atoms. The first-order valence-corrected chi connectivity index (χ1v) is 4.07. The summed E-state index contributed by atoms with van der Waals surface area (Å²) in [6.45, 7) is 0. The molecule has 0 fully saturated rings. The van der Waals surface area contributed by atoms with Crippen molar-refractivity contribution in [1.29, 1.82) is 0 Å². The molecule has 0 aliphatic heterocycles. The Morgan fingerprint density at radius 3 is 2.38 bits per heavy atom. The number of Topliss-reactive ketones (excluding diaryl/α,β-unsaturated/α-hetero) is 1. The quantitative estimate of drug-likeness (QED) is 0.592. The lowest BCUT2D eigenvalue weighted by atomic mass is 10.1. The molecular formula is C9H8FNOS. The van der Waals surface area contributed by atoms with Crippen molar-refractivity contribution in [2.45, 2.75) is 6.42 Å². The summed E-state index contributed by atoms with van der Waals surface area (Å²) in [5.74, 6) is -0.556. The fraction of sp³-hybridized carbons (Fsp3) is 0.111. The summed E-state index contributed by atoms with van der Waals surface area (Å²) in [5, 5.41) is 0. The van der Waals surface area contributed by atoms with E-state index in [4.69, 9.17) is 5.73 Å². The maximum absolute atomic E-state index is 12.5. The van der Waals surface area contributed by atoms with Crippen molar-refractivity contribution in [3.05, 3.63) is 35.6 Å². The van der Waals surface area contributed by atoms with Crippen LogP contribution in [0.5, 0.6) is 0 Å². The lowest BCUT2D eigenvalue weighted by Gasteiger charge is -1.98. The number of nitrogens with two attached hydrogens (primary N) is 1. The Labute approximate surface area is 80.6 Å². The monoisotopic (exact) mass is 197 g/mol. The largest absolute Gasteiger partial charge is 0.393 e. The molecule has 0 radical (unpaired) electrons. The van der Waals surface area contributed by atoms with Gasteiger partial charge in [-0.25, -0.2) is 4.39 Å². The molecule has 0 amide bonds. The van der Waals surface area contributed by atoms with Crippen molar-refractivity contribution in [3.63, 3.8) is 0 Å². The molecule has 1 aromatic carbocycles. The third-order valence-corrected chi connectivity index (χ3v) is 1.65. The molecule has 0 aliphatic rings. The summed E-state index contributed by atoms with van der Waals surface area (Å²) in [4.78, 5) is 11.4. The average Bonchev–Trinajstić information content (AvgIpc) is 2.04. The molecule has 0 unspecified atom stereocenters.